The number of rotatable bonds is 4. The van der Waals surface area contributed by atoms with Crippen LogP contribution in [0.4, 0.5) is 0 Å². The molecule has 4 rings (SSSR count). The monoisotopic (exact) mass is 348 g/mol. The number of aromatic nitrogens is 3. The Morgan fingerprint density at radius 1 is 1.12 bits per heavy atom. The molecule has 1 aromatic heterocycles. The van der Waals surface area contributed by atoms with E-state index in [9.17, 15) is 4.79 Å². The number of ether oxygens (including phenoxy) is 1. The van der Waals surface area contributed by atoms with Crippen molar-refractivity contribution in [3.05, 3.63) is 66.5 Å². The van der Waals surface area contributed by atoms with Crippen LogP contribution in [-0.4, -0.2) is 45.8 Å². The highest BCUT2D eigenvalue weighted by atomic mass is 16.5. The van der Waals surface area contributed by atoms with Crippen LogP contribution in [0, 0.1) is 0 Å². The Hall–Kier alpha value is -3.15. The van der Waals surface area contributed by atoms with Gasteiger partial charge in [0.05, 0.1) is 18.7 Å². The van der Waals surface area contributed by atoms with Gasteiger partial charge in [-0.25, -0.2) is 0 Å². The lowest BCUT2D eigenvalue weighted by Gasteiger charge is -2.19. The summed E-state index contributed by atoms with van der Waals surface area (Å²) in [5, 5.41) is 8.36. The number of likely N-dealkylation sites (tertiary alicyclic amines) is 1. The molecule has 3 aromatic rings. The van der Waals surface area contributed by atoms with Crippen molar-refractivity contribution >= 4 is 5.91 Å². The average molecular weight is 348 g/mol. The highest BCUT2D eigenvalue weighted by molar-refractivity contribution is 5.97. The van der Waals surface area contributed by atoms with Crippen LogP contribution in [0.1, 0.15) is 22.8 Å². The summed E-state index contributed by atoms with van der Waals surface area (Å²) in [6, 6.07) is 17.5. The molecule has 0 radical (unpaired) electrons. The highest BCUT2D eigenvalue weighted by Crippen LogP contribution is 2.29. The van der Waals surface area contributed by atoms with E-state index in [4.69, 9.17) is 4.74 Å². The Balaban J connectivity index is 1.55. The summed E-state index contributed by atoms with van der Waals surface area (Å²) < 4.78 is 7.40. The molecule has 0 spiro atoms. The molecule has 1 atom stereocenters. The van der Waals surface area contributed by atoms with Gasteiger partial charge in [-0.1, -0.05) is 42.5 Å². The van der Waals surface area contributed by atoms with Gasteiger partial charge in [-0.2, -0.15) is 0 Å². The van der Waals surface area contributed by atoms with Gasteiger partial charge >= 0.3 is 0 Å². The molecule has 0 N–H and O–H groups in total. The predicted molar refractivity (Wildman–Crippen MR) is 98.0 cm³/mol. The minimum absolute atomic E-state index is 0.000661. The molecule has 1 aliphatic rings. The quantitative estimate of drug-likeness (QED) is 0.727. The largest absolute Gasteiger partial charge is 0.496 e. The molecule has 1 saturated heterocycles. The van der Waals surface area contributed by atoms with Crippen molar-refractivity contribution in [3.8, 4) is 17.1 Å². The van der Waals surface area contributed by atoms with Gasteiger partial charge in [0.1, 0.15) is 12.1 Å². The first kappa shape index (κ1) is 16.3. The molecule has 1 aliphatic heterocycles. The van der Waals surface area contributed by atoms with E-state index in [1.54, 1.807) is 13.4 Å². The fourth-order valence-electron chi connectivity index (χ4n) is 3.45. The topological polar surface area (TPSA) is 60.2 Å². The third-order valence-corrected chi connectivity index (χ3v) is 4.79. The van der Waals surface area contributed by atoms with Gasteiger partial charge < -0.3 is 14.2 Å². The maximum absolute atomic E-state index is 12.9. The van der Waals surface area contributed by atoms with Crippen molar-refractivity contribution in [1.29, 1.82) is 0 Å². The van der Waals surface area contributed by atoms with Gasteiger partial charge in [0, 0.05) is 18.7 Å². The minimum Gasteiger partial charge on any atom is -0.496 e. The molecule has 0 aliphatic carbocycles. The number of amides is 1. The molecule has 6 nitrogen and oxygen atoms in total. The van der Waals surface area contributed by atoms with Crippen LogP contribution >= 0.6 is 0 Å². The van der Waals surface area contributed by atoms with Gasteiger partial charge in [-0.05, 0) is 18.6 Å². The zero-order valence-corrected chi connectivity index (χ0v) is 14.6. The van der Waals surface area contributed by atoms with E-state index in [-0.39, 0.29) is 11.9 Å². The second-order valence-corrected chi connectivity index (χ2v) is 6.32. The molecule has 0 bridgehead atoms. The van der Waals surface area contributed by atoms with Gasteiger partial charge in [-0.3, -0.25) is 4.79 Å². The van der Waals surface area contributed by atoms with Crippen molar-refractivity contribution in [2.75, 3.05) is 20.2 Å². The summed E-state index contributed by atoms with van der Waals surface area (Å²) in [5.74, 6) is 1.44. The number of benzene rings is 2. The number of carbonyl (C=O) groups excluding carboxylic acids is 1. The minimum atomic E-state index is -0.000661. The Kier molecular flexibility index (Phi) is 4.39. The van der Waals surface area contributed by atoms with Crippen molar-refractivity contribution in [1.82, 2.24) is 19.7 Å². The summed E-state index contributed by atoms with van der Waals surface area (Å²) >= 11 is 0. The summed E-state index contributed by atoms with van der Waals surface area (Å²) in [4.78, 5) is 14.8. The summed E-state index contributed by atoms with van der Waals surface area (Å²) in [5.41, 5.74) is 1.63. The molecule has 0 saturated carbocycles. The van der Waals surface area contributed by atoms with E-state index < -0.39 is 0 Å². The van der Waals surface area contributed by atoms with Crippen LogP contribution in [0.15, 0.2) is 60.9 Å². The van der Waals surface area contributed by atoms with Crippen molar-refractivity contribution in [3.63, 3.8) is 0 Å². The lowest BCUT2D eigenvalue weighted by Crippen LogP contribution is -2.29. The van der Waals surface area contributed by atoms with Crippen LogP contribution < -0.4 is 4.74 Å². The Bertz CT molecular complexity index is 907. The van der Waals surface area contributed by atoms with E-state index in [1.165, 1.54) is 0 Å². The zero-order valence-electron chi connectivity index (χ0n) is 14.6. The first-order chi connectivity index (χ1) is 12.8. The molecule has 6 heteroatoms. The summed E-state index contributed by atoms with van der Waals surface area (Å²) in [6.07, 6.45) is 2.63. The van der Waals surface area contributed by atoms with E-state index in [2.05, 4.69) is 14.8 Å². The zero-order chi connectivity index (χ0) is 17.9. The van der Waals surface area contributed by atoms with E-state index in [0.717, 1.165) is 17.8 Å². The number of carbonyl (C=O) groups is 1. The number of methoxy groups -OCH3 is 1. The summed E-state index contributed by atoms with van der Waals surface area (Å²) in [7, 11) is 1.59. The molecule has 0 unspecified atom stereocenters. The fraction of sp³-hybridized carbons (Fsp3) is 0.250. The van der Waals surface area contributed by atoms with Crippen LogP contribution in [0.3, 0.4) is 0 Å². The molecule has 1 amide bonds. The lowest BCUT2D eigenvalue weighted by atomic mass is 10.1. The molecule has 132 valence electrons. The highest BCUT2D eigenvalue weighted by Gasteiger charge is 2.30. The number of hydrogen-bond acceptors (Lipinski definition) is 4. The first-order valence-electron chi connectivity index (χ1n) is 8.65. The van der Waals surface area contributed by atoms with E-state index in [1.807, 2.05) is 59.5 Å². The third kappa shape index (κ3) is 2.94. The van der Waals surface area contributed by atoms with Crippen molar-refractivity contribution in [2.45, 2.75) is 12.5 Å². The smallest absolute Gasteiger partial charge is 0.257 e. The first-order valence-corrected chi connectivity index (χ1v) is 8.65. The maximum atomic E-state index is 12.9. The lowest BCUT2D eigenvalue weighted by molar-refractivity contribution is 0.0784. The van der Waals surface area contributed by atoms with Crippen LogP contribution in [-0.2, 0) is 0 Å². The van der Waals surface area contributed by atoms with Crippen LogP contribution in [0.25, 0.3) is 11.4 Å². The maximum Gasteiger partial charge on any atom is 0.257 e. The molecular weight excluding hydrogens is 328 g/mol. The SMILES string of the molecule is COc1ccccc1C(=O)N1CC[C@@H](n2cnnc2-c2ccccc2)C1. The van der Waals surface area contributed by atoms with Gasteiger partial charge in [0.2, 0.25) is 0 Å². The fourth-order valence-corrected chi connectivity index (χ4v) is 3.45. The van der Waals surface area contributed by atoms with Crippen LogP contribution in [0.2, 0.25) is 0 Å². The number of hydrogen-bond donors (Lipinski definition) is 0. The predicted octanol–water partition coefficient (Wildman–Crippen LogP) is 3.04. The Morgan fingerprint density at radius 2 is 1.88 bits per heavy atom. The Morgan fingerprint density at radius 3 is 2.69 bits per heavy atom. The third-order valence-electron chi connectivity index (χ3n) is 4.79. The van der Waals surface area contributed by atoms with Crippen LogP contribution in [0.5, 0.6) is 5.75 Å². The number of para-hydroxylation sites is 1. The standard InChI is InChI=1S/C20H20N4O2/c1-26-18-10-6-5-9-17(18)20(25)23-12-11-16(13-23)24-14-21-22-19(24)15-7-3-2-4-8-15/h2-10,14,16H,11-13H2,1H3/t16-/m1/s1. The second-order valence-electron chi connectivity index (χ2n) is 6.32. The van der Waals surface area contributed by atoms with Crippen molar-refractivity contribution < 1.29 is 9.53 Å². The number of nitrogens with zero attached hydrogens (tertiary/aromatic N) is 4. The van der Waals surface area contributed by atoms with Crippen molar-refractivity contribution in [2.24, 2.45) is 0 Å². The van der Waals surface area contributed by atoms with E-state index in [0.29, 0.717) is 24.4 Å². The molecule has 2 aromatic carbocycles. The average Bonchev–Trinajstić information content (AvgIpc) is 3.37. The molecule has 2 heterocycles. The second kappa shape index (κ2) is 7.00. The normalized spacial score (nSPS) is 16.7. The van der Waals surface area contributed by atoms with Gasteiger partial charge in [0.15, 0.2) is 5.82 Å². The molecule has 26 heavy (non-hydrogen) atoms. The molecule has 1 fully saturated rings. The summed E-state index contributed by atoms with van der Waals surface area (Å²) in [6.45, 7) is 1.34. The van der Waals surface area contributed by atoms with E-state index >= 15 is 0 Å². The Labute approximate surface area is 152 Å². The van der Waals surface area contributed by atoms with Gasteiger partial charge in [-0.15, -0.1) is 10.2 Å². The van der Waals surface area contributed by atoms with Gasteiger partial charge in [0.25, 0.3) is 5.91 Å². The molecular formula is C20H20N4O2.